The van der Waals surface area contributed by atoms with Gasteiger partial charge in [0.15, 0.2) is 5.65 Å². The highest BCUT2D eigenvalue weighted by atomic mass is 16.5. The average molecular weight is 347 g/mol. The van der Waals surface area contributed by atoms with Gasteiger partial charge < -0.3 is 10.1 Å². The fourth-order valence-electron chi connectivity index (χ4n) is 3.03. The van der Waals surface area contributed by atoms with Gasteiger partial charge in [-0.1, -0.05) is 6.07 Å². The monoisotopic (exact) mass is 347 g/mol. The molecule has 2 N–H and O–H groups in total. The van der Waals surface area contributed by atoms with Crippen LogP contribution in [0.3, 0.4) is 0 Å². The van der Waals surface area contributed by atoms with Gasteiger partial charge in [-0.05, 0) is 36.6 Å². The predicted molar refractivity (Wildman–Crippen MR) is 98.1 cm³/mol. The van der Waals surface area contributed by atoms with Crippen LogP contribution < -0.4 is 10.1 Å². The number of fused-ring (bicyclic) bond motifs is 2. The minimum Gasteiger partial charge on any atom is -0.497 e. The molecule has 0 aliphatic rings. The van der Waals surface area contributed by atoms with Gasteiger partial charge in [0, 0.05) is 17.8 Å². The number of pyridine rings is 2. The molecule has 0 aliphatic carbocycles. The average Bonchev–Trinajstić information content (AvgIpc) is 3.15. The molecule has 1 aromatic carbocycles. The standard InChI is InChI=1S/C19H17N5O2/c1-11(17-15-9-13(26-2)4-3-12(15)5-7-20-17)23-19(25)14-6-8-21-18-16(14)10-22-24-18/h3-11H,1-2H3,(H,23,25)(H,21,22,24). The number of carbonyl (C=O) groups is 1. The van der Waals surface area contributed by atoms with Crippen LogP contribution in [0.2, 0.25) is 0 Å². The molecule has 3 aromatic heterocycles. The molecule has 4 aromatic rings. The van der Waals surface area contributed by atoms with Crippen LogP contribution in [0.1, 0.15) is 29.0 Å². The van der Waals surface area contributed by atoms with E-state index in [9.17, 15) is 4.79 Å². The largest absolute Gasteiger partial charge is 0.497 e. The first-order valence-electron chi connectivity index (χ1n) is 8.19. The van der Waals surface area contributed by atoms with Crippen molar-refractivity contribution >= 4 is 27.7 Å². The van der Waals surface area contributed by atoms with Crippen LogP contribution in [0.25, 0.3) is 21.8 Å². The lowest BCUT2D eigenvalue weighted by Crippen LogP contribution is -2.27. The zero-order valence-electron chi connectivity index (χ0n) is 14.4. The first-order chi connectivity index (χ1) is 12.7. The van der Waals surface area contributed by atoms with E-state index in [1.54, 1.807) is 31.8 Å². The summed E-state index contributed by atoms with van der Waals surface area (Å²) in [6.07, 6.45) is 4.93. The first-order valence-corrected chi connectivity index (χ1v) is 8.19. The lowest BCUT2D eigenvalue weighted by atomic mass is 10.0. The molecule has 0 bridgehead atoms. The molecule has 1 amide bonds. The topological polar surface area (TPSA) is 92.8 Å². The highest BCUT2D eigenvalue weighted by Gasteiger charge is 2.17. The fourth-order valence-corrected chi connectivity index (χ4v) is 3.03. The third kappa shape index (κ3) is 2.73. The number of H-pyrrole nitrogens is 1. The van der Waals surface area contributed by atoms with Crippen LogP contribution in [0, 0.1) is 0 Å². The number of aromatic nitrogens is 4. The Labute approximate surface area is 149 Å². The number of methoxy groups -OCH3 is 1. The molecule has 0 radical (unpaired) electrons. The normalized spacial score (nSPS) is 12.2. The molecule has 0 spiro atoms. The molecule has 26 heavy (non-hydrogen) atoms. The molecular weight excluding hydrogens is 330 g/mol. The van der Waals surface area contributed by atoms with E-state index in [1.165, 1.54) is 0 Å². The minimum absolute atomic E-state index is 0.201. The lowest BCUT2D eigenvalue weighted by molar-refractivity contribution is 0.0941. The first kappa shape index (κ1) is 16.0. The molecule has 0 saturated carbocycles. The Balaban J connectivity index is 1.68. The fraction of sp³-hybridized carbons (Fsp3) is 0.158. The van der Waals surface area contributed by atoms with Crippen molar-refractivity contribution in [2.45, 2.75) is 13.0 Å². The van der Waals surface area contributed by atoms with Gasteiger partial charge in [0.2, 0.25) is 0 Å². The van der Waals surface area contributed by atoms with Crippen LogP contribution in [0.4, 0.5) is 0 Å². The Kier molecular flexibility index (Phi) is 3.96. The number of amides is 1. The minimum atomic E-state index is -0.284. The van der Waals surface area contributed by atoms with E-state index in [1.807, 2.05) is 31.2 Å². The molecule has 0 fully saturated rings. The van der Waals surface area contributed by atoms with Crippen molar-refractivity contribution in [1.82, 2.24) is 25.5 Å². The van der Waals surface area contributed by atoms with E-state index in [-0.39, 0.29) is 11.9 Å². The maximum atomic E-state index is 12.8. The lowest BCUT2D eigenvalue weighted by Gasteiger charge is -2.16. The summed E-state index contributed by atoms with van der Waals surface area (Å²) < 4.78 is 5.31. The van der Waals surface area contributed by atoms with Crippen LogP contribution >= 0.6 is 0 Å². The highest BCUT2D eigenvalue weighted by molar-refractivity contribution is 6.05. The van der Waals surface area contributed by atoms with Crippen molar-refractivity contribution in [1.29, 1.82) is 0 Å². The Hall–Kier alpha value is -3.48. The molecule has 0 aliphatic heterocycles. The van der Waals surface area contributed by atoms with Crippen LogP contribution in [-0.2, 0) is 0 Å². The number of rotatable bonds is 4. The maximum absolute atomic E-state index is 12.8. The number of nitrogens with one attached hydrogen (secondary N) is 2. The van der Waals surface area contributed by atoms with Crippen molar-refractivity contribution in [3.05, 3.63) is 60.2 Å². The number of nitrogens with zero attached hydrogens (tertiary/aromatic N) is 3. The Bertz CT molecular complexity index is 1110. The van der Waals surface area contributed by atoms with Gasteiger partial charge in [-0.3, -0.25) is 14.9 Å². The molecule has 7 heteroatoms. The number of ether oxygens (including phenoxy) is 1. The van der Waals surface area contributed by atoms with Gasteiger partial charge in [-0.2, -0.15) is 5.10 Å². The molecule has 1 atom stereocenters. The number of benzene rings is 1. The van der Waals surface area contributed by atoms with Gasteiger partial charge in [0.05, 0.1) is 36.0 Å². The predicted octanol–water partition coefficient (Wildman–Crippen LogP) is 3.01. The van der Waals surface area contributed by atoms with Crippen LogP contribution in [0.5, 0.6) is 5.75 Å². The zero-order chi connectivity index (χ0) is 18.1. The summed E-state index contributed by atoms with van der Waals surface area (Å²) in [7, 11) is 1.63. The molecule has 4 rings (SSSR count). The summed E-state index contributed by atoms with van der Waals surface area (Å²) in [5.41, 5.74) is 1.89. The van der Waals surface area contributed by atoms with Gasteiger partial charge in [0.25, 0.3) is 5.91 Å². The zero-order valence-corrected chi connectivity index (χ0v) is 14.4. The summed E-state index contributed by atoms with van der Waals surface area (Å²) in [4.78, 5) is 21.4. The van der Waals surface area contributed by atoms with Crippen LogP contribution in [-0.4, -0.2) is 33.2 Å². The van der Waals surface area contributed by atoms with Gasteiger partial charge in [-0.25, -0.2) is 4.98 Å². The Morgan fingerprint density at radius 1 is 1.15 bits per heavy atom. The molecule has 7 nitrogen and oxygen atoms in total. The van der Waals surface area contributed by atoms with Crippen molar-refractivity contribution in [2.75, 3.05) is 7.11 Å². The van der Waals surface area contributed by atoms with E-state index in [0.717, 1.165) is 22.2 Å². The van der Waals surface area contributed by atoms with E-state index >= 15 is 0 Å². The Morgan fingerprint density at radius 2 is 2.00 bits per heavy atom. The molecule has 0 saturated heterocycles. The quantitative estimate of drug-likeness (QED) is 0.592. The molecule has 3 heterocycles. The van der Waals surface area contributed by atoms with E-state index < -0.39 is 0 Å². The smallest absolute Gasteiger partial charge is 0.252 e. The summed E-state index contributed by atoms with van der Waals surface area (Å²) in [6.45, 7) is 1.91. The second-order valence-electron chi connectivity index (χ2n) is 5.97. The second-order valence-corrected chi connectivity index (χ2v) is 5.97. The number of aromatic amines is 1. The summed E-state index contributed by atoms with van der Waals surface area (Å²) >= 11 is 0. The summed E-state index contributed by atoms with van der Waals surface area (Å²) in [5.74, 6) is 0.549. The Morgan fingerprint density at radius 3 is 2.85 bits per heavy atom. The second kappa shape index (κ2) is 6.44. The molecular formula is C19H17N5O2. The van der Waals surface area contributed by atoms with E-state index in [0.29, 0.717) is 16.6 Å². The van der Waals surface area contributed by atoms with Gasteiger partial charge in [0.1, 0.15) is 5.75 Å². The SMILES string of the molecule is COc1ccc2ccnc(C(C)NC(=O)c3ccnc4[nH]ncc34)c2c1. The van der Waals surface area contributed by atoms with Crippen LogP contribution in [0.15, 0.2) is 48.9 Å². The highest BCUT2D eigenvalue weighted by Crippen LogP contribution is 2.26. The number of carbonyl (C=O) groups excluding carboxylic acids is 1. The molecule has 1 unspecified atom stereocenters. The number of hydrogen-bond acceptors (Lipinski definition) is 5. The van der Waals surface area contributed by atoms with Gasteiger partial charge >= 0.3 is 0 Å². The van der Waals surface area contributed by atoms with Crippen molar-refractivity contribution in [3.8, 4) is 5.75 Å². The van der Waals surface area contributed by atoms with Crippen molar-refractivity contribution in [2.24, 2.45) is 0 Å². The third-order valence-electron chi connectivity index (χ3n) is 4.36. The third-order valence-corrected chi connectivity index (χ3v) is 4.36. The summed E-state index contributed by atoms with van der Waals surface area (Å²) in [5, 5.41) is 12.4. The molecule has 130 valence electrons. The summed E-state index contributed by atoms with van der Waals surface area (Å²) in [6, 6.07) is 9.15. The van der Waals surface area contributed by atoms with Gasteiger partial charge in [-0.15, -0.1) is 0 Å². The van der Waals surface area contributed by atoms with Crippen molar-refractivity contribution < 1.29 is 9.53 Å². The van der Waals surface area contributed by atoms with E-state index in [4.69, 9.17) is 4.74 Å². The maximum Gasteiger partial charge on any atom is 0.252 e. The number of hydrogen-bond donors (Lipinski definition) is 2. The van der Waals surface area contributed by atoms with Crippen molar-refractivity contribution in [3.63, 3.8) is 0 Å². The van der Waals surface area contributed by atoms with E-state index in [2.05, 4.69) is 25.5 Å².